The molecule has 2 aromatic heterocycles. The molecule has 0 unspecified atom stereocenters. The Balaban J connectivity index is 1.77. The molecule has 0 aliphatic rings. The molecule has 0 aliphatic heterocycles. The van der Waals surface area contributed by atoms with Crippen LogP contribution in [0, 0.1) is 5.92 Å². The predicted octanol–water partition coefficient (Wildman–Crippen LogP) is 9.45. The number of hydrogen-bond acceptors (Lipinski definition) is 2. The molecule has 0 saturated carbocycles. The molecule has 0 amide bonds. The van der Waals surface area contributed by atoms with Crippen molar-refractivity contribution in [1.29, 1.82) is 0 Å². The predicted molar refractivity (Wildman–Crippen MR) is 149 cm³/mol. The maximum absolute atomic E-state index is 6.70. The quantitative estimate of drug-likeness (QED) is 0.264. The highest BCUT2D eigenvalue weighted by Gasteiger charge is 2.23. The fraction of sp³-hybridized carbons (Fsp3) is 0.242. The van der Waals surface area contributed by atoms with E-state index in [2.05, 4.69) is 113 Å². The highest BCUT2D eigenvalue weighted by molar-refractivity contribution is 6.19. The van der Waals surface area contributed by atoms with Crippen molar-refractivity contribution in [3.63, 3.8) is 0 Å². The molecular formula is C33H31NO. The Morgan fingerprint density at radius 3 is 2.26 bits per heavy atom. The first-order valence-corrected chi connectivity index (χ1v) is 12.6. The smallest absolute Gasteiger partial charge is 0.147 e. The van der Waals surface area contributed by atoms with Crippen molar-refractivity contribution < 1.29 is 4.42 Å². The Morgan fingerprint density at radius 2 is 1.49 bits per heavy atom. The molecule has 2 nitrogen and oxygen atoms in total. The number of aromatic nitrogens is 1. The molecule has 6 aromatic rings. The zero-order valence-electron chi connectivity index (χ0n) is 21.1. The van der Waals surface area contributed by atoms with Crippen LogP contribution in [0.1, 0.15) is 45.7 Å². The number of fused-ring (bicyclic) bond motifs is 6. The molecule has 174 valence electrons. The SMILES string of the molecule is CC(C)Cc1cccc2c1oc1c3ccccc3nc(-c3cc(C(C)(C)C)c4ccccc4c3)c21. The Labute approximate surface area is 206 Å². The van der Waals surface area contributed by atoms with E-state index in [0.717, 1.165) is 50.5 Å². The molecule has 2 heteroatoms. The molecular weight excluding hydrogens is 426 g/mol. The summed E-state index contributed by atoms with van der Waals surface area (Å²) in [7, 11) is 0. The summed E-state index contributed by atoms with van der Waals surface area (Å²) in [5.74, 6) is 0.554. The van der Waals surface area contributed by atoms with Crippen molar-refractivity contribution in [3.05, 3.63) is 90.0 Å². The van der Waals surface area contributed by atoms with E-state index in [4.69, 9.17) is 9.40 Å². The second kappa shape index (κ2) is 7.95. The summed E-state index contributed by atoms with van der Waals surface area (Å²) in [5, 5.41) is 5.87. The van der Waals surface area contributed by atoms with E-state index in [9.17, 15) is 0 Å². The van der Waals surface area contributed by atoms with Gasteiger partial charge in [0.1, 0.15) is 11.2 Å². The second-order valence-electron chi connectivity index (χ2n) is 11.2. The van der Waals surface area contributed by atoms with Gasteiger partial charge in [0.15, 0.2) is 0 Å². The fourth-order valence-electron chi connectivity index (χ4n) is 5.42. The molecule has 0 radical (unpaired) electrons. The summed E-state index contributed by atoms with van der Waals surface area (Å²) in [6.07, 6.45) is 0.988. The van der Waals surface area contributed by atoms with Crippen LogP contribution < -0.4 is 0 Å². The van der Waals surface area contributed by atoms with Crippen LogP contribution in [0.3, 0.4) is 0 Å². The van der Waals surface area contributed by atoms with Crippen LogP contribution in [-0.2, 0) is 11.8 Å². The van der Waals surface area contributed by atoms with E-state index < -0.39 is 0 Å². The summed E-state index contributed by atoms with van der Waals surface area (Å²) in [6, 6.07) is 28.2. The minimum Gasteiger partial charge on any atom is -0.455 e. The van der Waals surface area contributed by atoms with E-state index in [0.29, 0.717) is 5.92 Å². The summed E-state index contributed by atoms with van der Waals surface area (Å²) >= 11 is 0. The van der Waals surface area contributed by atoms with E-state index in [-0.39, 0.29) is 5.41 Å². The topological polar surface area (TPSA) is 26.0 Å². The largest absolute Gasteiger partial charge is 0.455 e. The second-order valence-corrected chi connectivity index (χ2v) is 11.2. The van der Waals surface area contributed by atoms with Crippen LogP contribution in [0.5, 0.6) is 0 Å². The molecule has 2 heterocycles. The third-order valence-corrected chi connectivity index (χ3v) is 6.99. The first-order valence-electron chi connectivity index (χ1n) is 12.6. The molecule has 4 aromatic carbocycles. The summed E-state index contributed by atoms with van der Waals surface area (Å²) < 4.78 is 6.70. The molecule has 0 saturated heterocycles. The standard InChI is InChI=1S/C33H31NO/c1-20(2)17-22-12-10-15-26-29-30(34-28-16-9-8-14-25(28)32(29)35-31(22)26)23-18-21-11-6-7-13-24(21)27(19-23)33(3,4)5/h6-16,18-20H,17H2,1-5H3. The van der Waals surface area contributed by atoms with Crippen LogP contribution in [0.2, 0.25) is 0 Å². The van der Waals surface area contributed by atoms with Crippen molar-refractivity contribution in [3.8, 4) is 11.3 Å². The number of benzene rings is 4. The molecule has 0 fully saturated rings. The van der Waals surface area contributed by atoms with Gasteiger partial charge in [0.05, 0.1) is 16.6 Å². The maximum Gasteiger partial charge on any atom is 0.147 e. The van der Waals surface area contributed by atoms with Crippen molar-refractivity contribution in [2.75, 3.05) is 0 Å². The van der Waals surface area contributed by atoms with Gasteiger partial charge in [-0.1, -0.05) is 89.2 Å². The van der Waals surface area contributed by atoms with E-state index >= 15 is 0 Å². The summed E-state index contributed by atoms with van der Waals surface area (Å²) in [5.41, 5.74) is 7.63. The Bertz CT molecular complexity index is 1730. The van der Waals surface area contributed by atoms with E-state index in [1.165, 1.54) is 21.9 Å². The van der Waals surface area contributed by atoms with Gasteiger partial charge in [-0.25, -0.2) is 4.98 Å². The van der Waals surface area contributed by atoms with Crippen LogP contribution in [0.25, 0.3) is 54.9 Å². The highest BCUT2D eigenvalue weighted by Crippen LogP contribution is 2.42. The lowest BCUT2D eigenvalue weighted by atomic mass is 9.82. The average Bonchev–Trinajstić information content (AvgIpc) is 3.23. The molecule has 0 aliphatic carbocycles. The van der Waals surface area contributed by atoms with Crippen LogP contribution >= 0.6 is 0 Å². The zero-order chi connectivity index (χ0) is 24.3. The van der Waals surface area contributed by atoms with Gasteiger partial charge in [-0.2, -0.15) is 0 Å². The van der Waals surface area contributed by atoms with Crippen LogP contribution in [0.4, 0.5) is 0 Å². The van der Waals surface area contributed by atoms with Crippen molar-refractivity contribution >= 4 is 43.6 Å². The summed E-state index contributed by atoms with van der Waals surface area (Å²) in [6.45, 7) is 11.4. The number of nitrogens with zero attached hydrogens (tertiary/aromatic N) is 1. The average molecular weight is 458 g/mol. The lowest BCUT2D eigenvalue weighted by Crippen LogP contribution is -2.12. The zero-order valence-corrected chi connectivity index (χ0v) is 21.1. The number of hydrogen-bond donors (Lipinski definition) is 0. The monoisotopic (exact) mass is 457 g/mol. The van der Waals surface area contributed by atoms with Gasteiger partial charge in [-0.15, -0.1) is 0 Å². The number of pyridine rings is 1. The Hall–Kier alpha value is -3.65. The minimum atomic E-state index is 0.00841. The van der Waals surface area contributed by atoms with E-state index in [1.54, 1.807) is 0 Å². The van der Waals surface area contributed by atoms with Crippen molar-refractivity contribution in [1.82, 2.24) is 4.98 Å². The number of rotatable bonds is 3. The molecule has 0 bridgehead atoms. The lowest BCUT2D eigenvalue weighted by molar-refractivity contribution is 0.596. The van der Waals surface area contributed by atoms with Crippen LogP contribution in [0.15, 0.2) is 83.3 Å². The molecule has 0 spiro atoms. The number of para-hydroxylation sites is 2. The molecule has 35 heavy (non-hydrogen) atoms. The maximum atomic E-state index is 6.70. The normalized spacial score (nSPS) is 12.5. The van der Waals surface area contributed by atoms with Crippen molar-refractivity contribution in [2.24, 2.45) is 5.92 Å². The third-order valence-electron chi connectivity index (χ3n) is 6.99. The van der Waals surface area contributed by atoms with Gasteiger partial charge >= 0.3 is 0 Å². The molecule has 0 N–H and O–H groups in total. The highest BCUT2D eigenvalue weighted by atomic mass is 16.3. The first-order chi connectivity index (χ1) is 16.8. The molecule has 0 atom stereocenters. The Morgan fingerprint density at radius 1 is 0.771 bits per heavy atom. The fourth-order valence-corrected chi connectivity index (χ4v) is 5.42. The Kier molecular flexibility index (Phi) is 4.96. The number of furan rings is 1. The first kappa shape index (κ1) is 21.9. The van der Waals surface area contributed by atoms with Crippen molar-refractivity contribution in [2.45, 2.75) is 46.5 Å². The molecule has 6 rings (SSSR count). The van der Waals surface area contributed by atoms with E-state index in [1.807, 2.05) is 0 Å². The minimum absolute atomic E-state index is 0.00841. The van der Waals surface area contributed by atoms with Gasteiger partial charge in [0, 0.05) is 16.3 Å². The van der Waals surface area contributed by atoms with Gasteiger partial charge in [-0.3, -0.25) is 0 Å². The van der Waals surface area contributed by atoms with Gasteiger partial charge < -0.3 is 4.42 Å². The lowest BCUT2D eigenvalue weighted by Gasteiger charge is -2.23. The van der Waals surface area contributed by atoms with Gasteiger partial charge in [-0.05, 0) is 63.9 Å². The van der Waals surface area contributed by atoms with Gasteiger partial charge in [0.2, 0.25) is 0 Å². The third kappa shape index (κ3) is 3.60. The summed E-state index contributed by atoms with van der Waals surface area (Å²) in [4.78, 5) is 5.26. The van der Waals surface area contributed by atoms with Crippen LogP contribution in [-0.4, -0.2) is 4.98 Å². The van der Waals surface area contributed by atoms with Gasteiger partial charge in [0.25, 0.3) is 0 Å².